The molecule has 0 bridgehead atoms. The van der Waals surface area contributed by atoms with Gasteiger partial charge in [-0.1, -0.05) is 0 Å². The van der Waals surface area contributed by atoms with Crippen molar-refractivity contribution in [1.82, 2.24) is 0 Å². The number of ketones is 1. The van der Waals surface area contributed by atoms with Crippen LogP contribution in [-0.4, -0.2) is 37.1 Å². The van der Waals surface area contributed by atoms with E-state index in [-0.39, 0.29) is 13.7 Å². The third-order valence-electron chi connectivity index (χ3n) is 2.53. The molecule has 0 aliphatic carbocycles. The van der Waals surface area contributed by atoms with Gasteiger partial charge in [0.1, 0.15) is 0 Å². The molecule has 0 radical (unpaired) electrons. The second kappa shape index (κ2) is 5.79. The molecule has 0 saturated carbocycles. The van der Waals surface area contributed by atoms with E-state index in [9.17, 15) is 4.79 Å². The number of carbonyl (C=O) groups excluding carboxylic acids is 1. The van der Waals surface area contributed by atoms with Crippen molar-refractivity contribution in [2.75, 3.05) is 12.3 Å². The zero-order valence-electron chi connectivity index (χ0n) is 11.2. The number of Topliss-reactive ketones (excluding diaryl/α,β-unsaturated/α-hetero) is 1. The summed E-state index contributed by atoms with van der Waals surface area (Å²) in [4.78, 5) is 11.8. The first-order valence-electron chi connectivity index (χ1n) is 5.63. The van der Waals surface area contributed by atoms with E-state index in [1.807, 2.05) is 6.92 Å². The number of hydrogen-bond donors (Lipinski definition) is 0. The van der Waals surface area contributed by atoms with Gasteiger partial charge in [-0.25, -0.2) is 0 Å². The van der Waals surface area contributed by atoms with E-state index in [4.69, 9.17) is 3.76 Å². The average molecular weight is 293 g/mol. The van der Waals surface area contributed by atoms with Crippen molar-refractivity contribution in [3.63, 3.8) is 0 Å². The van der Waals surface area contributed by atoms with Crippen LogP contribution >= 0.6 is 7.92 Å². The van der Waals surface area contributed by atoms with Crippen molar-refractivity contribution < 1.29 is 8.56 Å². The van der Waals surface area contributed by atoms with Crippen molar-refractivity contribution in [1.29, 1.82) is 0 Å². The second-order valence-corrected chi connectivity index (χ2v) is 17.4. The summed E-state index contributed by atoms with van der Waals surface area (Å²) in [5.41, 5.74) is 0. The van der Waals surface area contributed by atoms with Crippen LogP contribution in [0.5, 0.6) is 0 Å². The van der Waals surface area contributed by atoms with Gasteiger partial charge in [-0.2, -0.15) is 0 Å². The van der Waals surface area contributed by atoms with Gasteiger partial charge in [0.2, 0.25) is 0 Å². The Bertz CT molecular complexity index is 221. The fraction of sp³-hybridized carbons (Fsp3) is 0.909. The van der Waals surface area contributed by atoms with Gasteiger partial charge in [-0.15, -0.1) is 0 Å². The molecule has 0 amide bonds. The van der Waals surface area contributed by atoms with E-state index in [2.05, 4.69) is 31.1 Å². The monoisotopic (exact) mass is 294 g/mol. The molecule has 0 rings (SSSR count). The van der Waals surface area contributed by atoms with Gasteiger partial charge in [0.15, 0.2) is 0 Å². The van der Waals surface area contributed by atoms with Crippen molar-refractivity contribution in [2.45, 2.75) is 50.3 Å². The van der Waals surface area contributed by atoms with Crippen LogP contribution in [0.25, 0.3) is 0 Å². The molecule has 0 heterocycles. The third-order valence-corrected chi connectivity index (χ3v) is 8.17. The molecule has 0 fully saturated rings. The van der Waals surface area contributed by atoms with E-state index < -0.39 is 18.9 Å². The van der Waals surface area contributed by atoms with Gasteiger partial charge in [-0.3, -0.25) is 0 Å². The molecular formula is C11H25GeO2P. The third kappa shape index (κ3) is 4.54. The van der Waals surface area contributed by atoms with Crippen molar-refractivity contribution in [2.24, 2.45) is 0 Å². The van der Waals surface area contributed by atoms with Crippen molar-refractivity contribution >= 4 is 27.3 Å². The summed E-state index contributed by atoms with van der Waals surface area (Å²) in [6.07, 6.45) is 2.14. The summed E-state index contributed by atoms with van der Waals surface area (Å²) in [7, 11) is -0.330. The number of rotatable bonds is 6. The molecule has 0 spiro atoms. The molecule has 15 heavy (non-hydrogen) atoms. The summed E-state index contributed by atoms with van der Waals surface area (Å²) in [6, 6.07) is 0. The second-order valence-electron chi connectivity index (χ2n) is 4.93. The Morgan fingerprint density at radius 1 is 1.27 bits per heavy atom. The molecule has 0 saturated heterocycles. The van der Waals surface area contributed by atoms with Crippen molar-refractivity contribution in [3.8, 4) is 0 Å². The van der Waals surface area contributed by atoms with Gasteiger partial charge in [-0.05, 0) is 0 Å². The SMILES string of the molecule is CCP(CC)C(C)([O][Ge]([CH3])([CH3])[CH3])C(C)=O. The van der Waals surface area contributed by atoms with Gasteiger partial charge in [0.05, 0.1) is 0 Å². The number of hydrogen-bond acceptors (Lipinski definition) is 2. The molecule has 0 aromatic carbocycles. The van der Waals surface area contributed by atoms with Crippen LogP contribution in [0, 0.1) is 0 Å². The first-order valence-corrected chi connectivity index (χ1v) is 14.5. The van der Waals surface area contributed by atoms with Crippen LogP contribution in [0.3, 0.4) is 0 Å². The molecular weight excluding hydrogens is 268 g/mol. The predicted molar refractivity (Wildman–Crippen MR) is 71.5 cm³/mol. The summed E-state index contributed by atoms with van der Waals surface area (Å²) in [5, 5.41) is -0.489. The zero-order valence-corrected chi connectivity index (χ0v) is 14.2. The molecule has 90 valence electrons. The Kier molecular flexibility index (Phi) is 6.02. The van der Waals surface area contributed by atoms with Crippen LogP contribution in [0.4, 0.5) is 0 Å². The van der Waals surface area contributed by atoms with Crippen LogP contribution < -0.4 is 0 Å². The van der Waals surface area contributed by atoms with Crippen LogP contribution in [0.2, 0.25) is 17.3 Å². The Hall–Kier alpha value is 0.603. The summed E-state index contributed by atoms with van der Waals surface area (Å²) >= 11 is -2.14. The first-order chi connectivity index (χ1) is 6.67. The molecule has 0 aliphatic rings. The summed E-state index contributed by atoms with van der Waals surface area (Å²) < 4.78 is 6.20. The fourth-order valence-corrected chi connectivity index (χ4v) is 9.05. The quantitative estimate of drug-likeness (QED) is 0.551. The topological polar surface area (TPSA) is 26.3 Å². The molecule has 2 nitrogen and oxygen atoms in total. The minimum absolute atomic E-state index is 0.206. The molecule has 0 aliphatic heterocycles. The molecule has 0 aromatic rings. The minimum atomic E-state index is -2.14. The van der Waals surface area contributed by atoms with Gasteiger partial charge in [0, 0.05) is 0 Å². The van der Waals surface area contributed by atoms with E-state index in [0.29, 0.717) is 0 Å². The standard InChI is InChI=1S/C11H25GeO2P/c1-8-15(9-2)11(4,10(3)13)14-12(5,6)7/h8-9H2,1-7H3. The van der Waals surface area contributed by atoms with Gasteiger partial charge < -0.3 is 0 Å². The van der Waals surface area contributed by atoms with E-state index >= 15 is 0 Å². The van der Waals surface area contributed by atoms with Crippen molar-refractivity contribution in [3.05, 3.63) is 0 Å². The van der Waals surface area contributed by atoms with Crippen LogP contribution in [0.15, 0.2) is 0 Å². The van der Waals surface area contributed by atoms with Crippen LogP contribution in [0.1, 0.15) is 27.7 Å². The Morgan fingerprint density at radius 3 is 1.87 bits per heavy atom. The summed E-state index contributed by atoms with van der Waals surface area (Å²) in [6.45, 7) is 8.00. The number of carbonyl (C=O) groups is 1. The van der Waals surface area contributed by atoms with E-state index in [0.717, 1.165) is 12.3 Å². The predicted octanol–water partition coefficient (Wildman–Crippen LogP) is 3.66. The maximum atomic E-state index is 11.8. The fourth-order valence-electron chi connectivity index (χ4n) is 1.78. The average Bonchev–Trinajstić information content (AvgIpc) is 2.02. The summed E-state index contributed by atoms with van der Waals surface area (Å²) in [5.74, 6) is 6.79. The van der Waals surface area contributed by atoms with Crippen LogP contribution in [-0.2, 0) is 8.56 Å². The Labute approximate surface area is 98.6 Å². The van der Waals surface area contributed by atoms with Gasteiger partial charge in [0.25, 0.3) is 0 Å². The first kappa shape index (κ1) is 15.6. The Balaban J connectivity index is 4.97. The van der Waals surface area contributed by atoms with E-state index in [1.165, 1.54) is 0 Å². The molecule has 4 heteroatoms. The zero-order chi connectivity index (χ0) is 12.3. The normalized spacial score (nSPS) is 16.5. The van der Waals surface area contributed by atoms with E-state index in [1.54, 1.807) is 6.92 Å². The maximum absolute atomic E-state index is 11.8. The Morgan fingerprint density at radius 2 is 1.67 bits per heavy atom. The molecule has 1 atom stereocenters. The molecule has 0 aromatic heterocycles. The van der Waals surface area contributed by atoms with Gasteiger partial charge >= 0.3 is 98.5 Å². The molecule has 0 N–H and O–H groups in total. The molecule has 1 unspecified atom stereocenters.